The predicted octanol–water partition coefficient (Wildman–Crippen LogP) is 4.66. The molecule has 4 nitrogen and oxygen atoms in total. The number of aliphatic hydroxyl groups excluding tert-OH is 1. The van der Waals surface area contributed by atoms with Crippen LogP contribution in [0.5, 0.6) is 0 Å². The Bertz CT molecular complexity index is 971. The fourth-order valence-electron chi connectivity index (χ4n) is 5.01. The molecule has 1 aromatic rings. The zero-order valence-electron chi connectivity index (χ0n) is 18.2. The summed E-state index contributed by atoms with van der Waals surface area (Å²) in [5.41, 5.74) is 0.142. The number of benzene rings is 1. The zero-order valence-corrected chi connectivity index (χ0v) is 19.0. The molecule has 3 unspecified atom stereocenters. The van der Waals surface area contributed by atoms with Crippen LogP contribution in [0.2, 0.25) is 0 Å². The van der Waals surface area contributed by atoms with Crippen LogP contribution in [0, 0.1) is 16.7 Å². The quantitative estimate of drug-likeness (QED) is 0.528. The Hall–Kier alpha value is -1.98. The molecule has 162 valence electrons. The van der Waals surface area contributed by atoms with Crippen molar-refractivity contribution in [2.24, 2.45) is 16.7 Å². The summed E-state index contributed by atoms with van der Waals surface area (Å²) in [6.45, 7) is 7.66. The van der Waals surface area contributed by atoms with Gasteiger partial charge in [0.25, 0.3) is 0 Å². The summed E-state index contributed by atoms with van der Waals surface area (Å²) < 4.78 is 27.9. The highest BCUT2D eigenvalue weighted by Crippen LogP contribution is 2.50. The van der Waals surface area contributed by atoms with Gasteiger partial charge < -0.3 is 9.90 Å². The lowest BCUT2D eigenvalue weighted by Gasteiger charge is -2.46. The number of carbonyl (C=O) groups is 1. The minimum Gasteiger partial charge on any atom is -0.390 e. The molecule has 0 fully saturated rings. The van der Waals surface area contributed by atoms with E-state index in [-0.39, 0.29) is 10.8 Å². The smallest absolute Gasteiger partial charge is 0.187 e. The monoisotopic (exact) mass is 428 g/mol. The molecular formula is C25H32O4S. The van der Waals surface area contributed by atoms with Gasteiger partial charge in [0, 0.05) is 11.3 Å². The van der Waals surface area contributed by atoms with E-state index in [1.54, 1.807) is 30.3 Å². The second kappa shape index (κ2) is 8.27. The van der Waals surface area contributed by atoms with Gasteiger partial charge in [0.05, 0.1) is 11.0 Å². The largest absolute Gasteiger partial charge is 0.390 e. The standard InChI is InChI=1S/C25H32O4S/c1-18-13-14-19(17-26)24(2,3)21(18)22(23(27)25(4)15-9-6-10-16-25)30(28,29)20-11-7-5-8-12-20/h5,7-12,15-17,19,22-23,27H,6,13-14H2,1-4H3. The predicted molar refractivity (Wildman–Crippen MR) is 120 cm³/mol. The lowest BCUT2D eigenvalue weighted by atomic mass is 9.63. The number of rotatable bonds is 6. The van der Waals surface area contributed by atoms with Gasteiger partial charge >= 0.3 is 0 Å². The highest BCUT2D eigenvalue weighted by Gasteiger charge is 2.51. The van der Waals surface area contributed by atoms with Crippen LogP contribution in [-0.2, 0) is 14.6 Å². The van der Waals surface area contributed by atoms with Crippen molar-refractivity contribution in [3.05, 3.63) is 65.8 Å². The number of carbonyl (C=O) groups excluding carboxylic acids is 1. The van der Waals surface area contributed by atoms with Gasteiger partial charge in [-0.25, -0.2) is 8.42 Å². The van der Waals surface area contributed by atoms with Gasteiger partial charge in [-0.2, -0.15) is 0 Å². The number of sulfone groups is 1. The number of hydrogen-bond acceptors (Lipinski definition) is 4. The van der Waals surface area contributed by atoms with Gasteiger partial charge in [-0.1, -0.05) is 68.8 Å². The lowest BCUT2D eigenvalue weighted by Crippen LogP contribution is -2.50. The molecule has 0 radical (unpaired) electrons. The van der Waals surface area contributed by atoms with E-state index in [1.807, 2.05) is 52.0 Å². The fourth-order valence-corrected chi connectivity index (χ4v) is 7.28. The van der Waals surface area contributed by atoms with Crippen LogP contribution in [-0.4, -0.2) is 31.2 Å². The molecule has 0 saturated carbocycles. The van der Waals surface area contributed by atoms with Crippen molar-refractivity contribution < 1.29 is 18.3 Å². The normalized spacial score (nSPS) is 25.0. The molecule has 2 aliphatic rings. The summed E-state index contributed by atoms with van der Waals surface area (Å²) in [6.07, 6.45) is 9.56. The molecule has 0 saturated heterocycles. The minimum absolute atomic E-state index is 0.186. The van der Waals surface area contributed by atoms with Gasteiger partial charge in [0.15, 0.2) is 9.84 Å². The van der Waals surface area contributed by atoms with Gasteiger partial charge in [0.2, 0.25) is 0 Å². The number of hydrogen-bond donors (Lipinski definition) is 1. The van der Waals surface area contributed by atoms with Crippen molar-refractivity contribution >= 4 is 16.1 Å². The van der Waals surface area contributed by atoms with Crippen molar-refractivity contribution in [2.45, 2.75) is 63.2 Å². The zero-order chi connectivity index (χ0) is 22.2. The van der Waals surface area contributed by atoms with Crippen molar-refractivity contribution in [1.29, 1.82) is 0 Å². The fraction of sp³-hybridized carbons (Fsp3) is 0.480. The van der Waals surface area contributed by atoms with E-state index in [1.165, 1.54) is 0 Å². The first-order valence-corrected chi connectivity index (χ1v) is 12.1. The first-order chi connectivity index (χ1) is 14.1. The molecule has 5 heteroatoms. The second-order valence-corrected chi connectivity index (χ2v) is 11.4. The first kappa shape index (κ1) is 22.7. The van der Waals surface area contributed by atoms with E-state index in [2.05, 4.69) is 0 Å². The first-order valence-electron chi connectivity index (χ1n) is 10.5. The molecule has 0 amide bonds. The molecule has 3 rings (SSSR count). The van der Waals surface area contributed by atoms with Crippen LogP contribution in [0.15, 0.2) is 70.7 Å². The maximum atomic E-state index is 14.0. The Morgan fingerprint density at radius 2 is 1.70 bits per heavy atom. The van der Waals surface area contributed by atoms with Crippen LogP contribution >= 0.6 is 0 Å². The summed E-state index contributed by atoms with van der Waals surface area (Å²) in [4.78, 5) is 12.0. The molecule has 0 aliphatic heterocycles. The van der Waals surface area contributed by atoms with Crippen molar-refractivity contribution in [3.63, 3.8) is 0 Å². The van der Waals surface area contributed by atoms with Crippen molar-refractivity contribution in [2.75, 3.05) is 0 Å². The Morgan fingerprint density at radius 3 is 2.27 bits per heavy atom. The third kappa shape index (κ3) is 3.85. The van der Waals surface area contributed by atoms with Crippen LogP contribution in [0.3, 0.4) is 0 Å². The van der Waals surface area contributed by atoms with E-state index in [4.69, 9.17) is 0 Å². The summed E-state index contributed by atoms with van der Waals surface area (Å²) in [5, 5.41) is 10.5. The third-order valence-corrected chi connectivity index (χ3v) is 9.01. The molecule has 0 aromatic heterocycles. The van der Waals surface area contributed by atoms with Crippen LogP contribution < -0.4 is 0 Å². The summed E-state index contributed by atoms with van der Waals surface area (Å²) in [6, 6.07) is 8.31. The van der Waals surface area contributed by atoms with Gasteiger partial charge in [0.1, 0.15) is 11.5 Å². The molecule has 1 aromatic carbocycles. The van der Waals surface area contributed by atoms with E-state index >= 15 is 0 Å². The lowest BCUT2D eigenvalue weighted by molar-refractivity contribution is -0.114. The molecule has 3 atom stereocenters. The Kier molecular flexibility index (Phi) is 6.26. The van der Waals surface area contributed by atoms with Crippen LogP contribution in [0.25, 0.3) is 0 Å². The average Bonchev–Trinajstić information content (AvgIpc) is 2.71. The van der Waals surface area contributed by atoms with E-state index in [9.17, 15) is 18.3 Å². The Morgan fingerprint density at radius 1 is 1.10 bits per heavy atom. The summed E-state index contributed by atoms with van der Waals surface area (Å²) in [5.74, 6) is -0.290. The van der Waals surface area contributed by atoms with E-state index < -0.39 is 32.0 Å². The highest BCUT2D eigenvalue weighted by atomic mass is 32.2. The molecule has 0 spiro atoms. The van der Waals surface area contributed by atoms with Gasteiger partial charge in [-0.15, -0.1) is 0 Å². The molecule has 0 heterocycles. The molecule has 1 N–H and O–H groups in total. The van der Waals surface area contributed by atoms with E-state index in [0.29, 0.717) is 18.4 Å². The van der Waals surface area contributed by atoms with Gasteiger partial charge in [-0.05, 0) is 49.3 Å². The minimum atomic E-state index is -3.91. The van der Waals surface area contributed by atoms with Crippen molar-refractivity contribution in [3.8, 4) is 0 Å². The van der Waals surface area contributed by atoms with Crippen LogP contribution in [0.1, 0.15) is 47.0 Å². The maximum Gasteiger partial charge on any atom is 0.187 e. The number of aldehydes is 1. The van der Waals surface area contributed by atoms with E-state index in [0.717, 1.165) is 18.3 Å². The van der Waals surface area contributed by atoms with Crippen molar-refractivity contribution in [1.82, 2.24) is 0 Å². The Labute approximate surface area is 180 Å². The molecular weight excluding hydrogens is 396 g/mol. The second-order valence-electron chi connectivity index (χ2n) is 9.33. The van der Waals surface area contributed by atoms with Gasteiger partial charge in [-0.3, -0.25) is 0 Å². The molecule has 30 heavy (non-hydrogen) atoms. The maximum absolute atomic E-state index is 14.0. The van der Waals surface area contributed by atoms with Crippen LogP contribution in [0.4, 0.5) is 0 Å². The third-order valence-electron chi connectivity index (χ3n) is 6.92. The number of allylic oxidation sites excluding steroid dienone is 3. The average molecular weight is 429 g/mol. The molecule has 2 aliphatic carbocycles. The Balaban J connectivity index is 2.25. The summed E-state index contributed by atoms with van der Waals surface area (Å²) in [7, 11) is -3.91. The highest BCUT2D eigenvalue weighted by molar-refractivity contribution is 7.92. The number of aliphatic hydroxyl groups is 1. The molecule has 0 bridgehead atoms. The topological polar surface area (TPSA) is 71.4 Å². The SMILES string of the molecule is CC1=C(C(C(O)C2(C)C=CCC=C2)S(=O)(=O)c2ccccc2)C(C)(C)C(C=O)CC1. The summed E-state index contributed by atoms with van der Waals surface area (Å²) >= 11 is 0.